The van der Waals surface area contributed by atoms with Gasteiger partial charge in [-0.1, -0.05) is 42.5 Å². The summed E-state index contributed by atoms with van der Waals surface area (Å²) < 4.78 is 28.4. The Morgan fingerprint density at radius 1 is 1.03 bits per heavy atom. The first-order chi connectivity index (χ1) is 17.5. The lowest BCUT2D eigenvalue weighted by Crippen LogP contribution is -2.23. The Morgan fingerprint density at radius 2 is 1.75 bits per heavy atom. The molecule has 190 valence electrons. The van der Waals surface area contributed by atoms with E-state index < -0.39 is 5.97 Å². The molecule has 0 saturated heterocycles. The highest BCUT2D eigenvalue weighted by Gasteiger charge is 2.35. The van der Waals surface area contributed by atoms with Crippen LogP contribution in [0.2, 0.25) is 0 Å². The maximum absolute atomic E-state index is 15.6. The van der Waals surface area contributed by atoms with Crippen LogP contribution in [0.1, 0.15) is 50.1 Å². The highest BCUT2D eigenvalue weighted by molar-refractivity contribution is 5.84. The smallest absolute Gasteiger partial charge is 0.329 e. The van der Waals surface area contributed by atoms with Gasteiger partial charge in [-0.2, -0.15) is 5.10 Å². The number of ether oxygens (including phenoxy) is 2. The lowest BCUT2D eigenvalue weighted by atomic mass is 9.82. The standard InChI is InChI=1S/C29H33FN2O4/c1-35-24-9-5-8-23(27(24)30)26-28(21-6-3-2-4-7-21)31-32(29(26)22-14-15-22)16-19-10-12-20(13-11-19)17-36-18-25(33)34/h2-9,19-20,22H,10-18H2,1H3,(H,33,34)/t19-,20+. The fourth-order valence-corrected chi connectivity index (χ4v) is 5.45. The molecule has 0 atom stereocenters. The monoisotopic (exact) mass is 492 g/mol. The van der Waals surface area contributed by atoms with Crippen LogP contribution < -0.4 is 4.74 Å². The summed E-state index contributed by atoms with van der Waals surface area (Å²) in [6.45, 7) is 1.08. The van der Waals surface area contributed by atoms with Crippen molar-refractivity contribution in [3.8, 4) is 28.1 Å². The number of rotatable bonds is 10. The third kappa shape index (κ3) is 5.31. The van der Waals surface area contributed by atoms with Gasteiger partial charge < -0.3 is 14.6 Å². The molecule has 1 N–H and O–H groups in total. The number of carboxylic acid groups (broad SMARTS) is 1. The number of aliphatic carboxylic acids is 1. The van der Waals surface area contributed by atoms with Crippen molar-refractivity contribution in [2.45, 2.75) is 51.0 Å². The van der Waals surface area contributed by atoms with Crippen molar-refractivity contribution in [2.24, 2.45) is 11.8 Å². The van der Waals surface area contributed by atoms with Gasteiger partial charge in [0.15, 0.2) is 11.6 Å². The summed E-state index contributed by atoms with van der Waals surface area (Å²) in [5.74, 6) is 0.237. The second kappa shape index (κ2) is 10.8. The van der Waals surface area contributed by atoms with E-state index in [1.165, 1.54) is 7.11 Å². The molecule has 0 amide bonds. The third-order valence-corrected chi connectivity index (χ3v) is 7.43. The number of halogens is 1. The Labute approximate surface area is 211 Å². The molecule has 2 saturated carbocycles. The maximum atomic E-state index is 15.6. The molecule has 2 aromatic carbocycles. The van der Waals surface area contributed by atoms with Crippen LogP contribution in [0.4, 0.5) is 4.39 Å². The second-order valence-electron chi connectivity index (χ2n) is 10.0. The van der Waals surface area contributed by atoms with Crippen molar-refractivity contribution in [3.63, 3.8) is 0 Å². The Kier molecular flexibility index (Phi) is 7.37. The van der Waals surface area contributed by atoms with E-state index in [2.05, 4.69) is 4.68 Å². The topological polar surface area (TPSA) is 73.6 Å². The van der Waals surface area contributed by atoms with E-state index in [1.54, 1.807) is 6.07 Å². The first-order valence-corrected chi connectivity index (χ1v) is 12.8. The minimum Gasteiger partial charge on any atom is -0.494 e. The van der Waals surface area contributed by atoms with Crippen LogP contribution in [0.25, 0.3) is 22.4 Å². The van der Waals surface area contributed by atoms with Crippen molar-refractivity contribution in [1.29, 1.82) is 0 Å². The second-order valence-corrected chi connectivity index (χ2v) is 10.0. The minimum atomic E-state index is -0.924. The molecule has 0 spiro atoms. The molecular formula is C29H33FN2O4. The molecule has 0 aliphatic heterocycles. The molecule has 0 bridgehead atoms. The van der Waals surface area contributed by atoms with Gasteiger partial charge in [-0.25, -0.2) is 9.18 Å². The van der Waals surface area contributed by atoms with Gasteiger partial charge in [-0.3, -0.25) is 4.68 Å². The number of aromatic nitrogens is 2. The van der Waals surface area contributed by atoms with E-state index >= 15 is 4.39 Å². The van der Waals surface area contributed by atoms with E-state index in [1.807, 2.05) is 42.5 Å². The molecule has 36 heavy (non-hydrogen) atoms. The van der Waals surface area contributed by atoms with Crippen molar-refractivity contribution in [2.75, 3.05) is 20.3 Å². The van der Waals surface area contributed by atoms with E-state index in [9.17, 15) is 4.79 Å². The van der Waals surface area contributed by atoms with Crippen molar-refractivity contribution in [1.82, 2.24) is 9.78 Å². The highest BCUT2D eigenvalue weighted by atomic mass is 19.1. The molecule has 7 heteroatoms. The van der Waals surface area contributed by atoms with Crippen molar-refractivity contribution < 1.29 is 23.8 Å². The van der Waals surface area contributed by atoms with Gasteiger partial charge >= 0.3 is 5.97 Å². The number of hydrogen-bond acceptors (Lipinski definition) is 4. The van der Waals surface area contributed by atoms with Gasteiger partial charge in [0.25, 0.3) is 0 Å². The molecule has 3 aromatic rings. The largest absolute Gasteiger partial charge is 0.494 e. The number of benzene rings is 2. The van der Waals surface area contributed by atoms with Gasteiger partial charge in [0, 0.05) is 29.2 Å². The fraction of sp³-hybridized carbons (Fsp3) is 0.448. The van der Waals surface area contributed by atoms with E-state index in [4.69, 9.17) is 19.7 Å². The van der Waals surface area contributed by atoms with Crippen LogP contribution in [-0.4, -0.2) is 41.2 Å². The van der Waals surface area contributed by atoms with Crippen LogP contribution in [0.5, 0.6) is 5.75 Å². The van der Waals surface area contributed by atoms with Crippen LogP contribution in [0.3, 0.4) is 0 Å². The summed E-state index contributed by atoms with van der Waals surface area (Å²) in [7, 11) is 1.49. The van der Waals surface area contributed by atoms with Crippen LogP contribution in [0.15, 0.2) is 48.5 Å². The lowest BCUT2D eigenvalue weighted by Gasteiger charge is -2.28. The number of methoxy groups -OCH3 is 1. The quantitative estimate of drug-likeness (QED) is 0.367. The predicted octanol–water partition coefficient (Wildman–Crippen LogP) is 6.15. The zero-order chi connectivity index (χ0) is 25.1. The average molecular weight is 493 g/mol. The maximum Gasteiger partial charge on any atom is 0.329 e. The van der Waals surface area contributed by atoms with Crippen molar-refractivity contribution in [3.05, 3.63) is 60.0 Å². The predicted molar refractivity (Wildman–Crippen MR) is 135 cm³/mol. The Balaban J connectivity index is 1.45. The zero-order valence-electron chi connectivity index (χ0n) is 20.7. The minimum absolute atomic E-state index is 0.232. The SMILES string of the molecule is COc1cccc(-c2c(-c3ccccc3)nn(C[C@H]3CC[C@@H](COCC(=O)O)CC3)c2C2CC2)c1F. The lowest BCUT2D eigenvalue weighted by molar-refractivity contribution is -0.142. The molecule has 2 aliphatic rings. The van der Waals surface area contributed by atoms with Crippen LogP contribution in [-0.2, 0) is 16.1 Å². The van der Waals surface area contributed by atoms with Gasteiger partial charge in [0.05, 0.1) is 19.4 Å². The van der Waals surface area contributed by atoms with Crippen LogP contribution in [0, 0.1) is 17.7 Å². The fourth-order valence-electron chi connectivity index (χ4n) is 5.45. The van der Waals surface area contributed by atoms with Gasteiger partial charge in [0.2, 0.25) is 0 Å². The molecule has 0 radical (unpaired) electrons. The molecule has 0 unspecified atom stereocenters. The summed E-state index contributed by atoms with van der Waals surface area (Å²) in [5, 5.41) is 13.9. The number of hydrogen-bond donors (Lipinski definition) is 1. The molecule has 5 rings (SSSR count). The van der Waals surface area contributed by atoms with Gasteiger partial charge in [0.1, 0.15) is 12.3 Å². The number of nitrogens with zero attached hydrogens (tertiary/aromatic N) is 2. The molecule has 2 aliphatic carbocycles. The van der Waals surface area contributed by atoms with E-state index in [-0.39, 0.29) is 18.2 Å². The first kappa shape index (κ1) is 24.5. The molecule has 1 heterocycles. The highest BCUT2D eigenvalue weighted by Crippen LogP contribution is 2.49. The number of carboxylic acids is 1. The first-order valence-electron chi connectivity index (χ1n) is 12.8. The van der Waals surface area contributed by atoms with E-state index in [0.29, 0.717) is 29.9 Å². The molecule has 6 nitrogen and oxygen atoms in total. The zero-order valence-corrected chi connectivity index (χ0v) is 20.7. The molecule has 1 aromatic heterocycles. The Bertz CT molecular complexity index is 1200. The van der Waals surface area contributed by atoms with Crippen molar-refractivity contribution >= 4 is 5.97 Å². The summed E-state index contributed by atoms with van der Waals surface area (Å²) >= 11 is 0. The van der Waals surface area contributed by atoms with E-state index in [0.717, 1.165) is 67.6 Å². The summed E-state index contributed by atoms with van der Waals surface area (Å²) in [6, 6.07) is 15.4. The average Bonchev–Trinajstić information content (AvgIpc) is 3.66. The summed E-state index contributed by atoms with van der Waals surface area (Å²) in [5.41, 5.74) is 4.36. The molecule has 2 fully saturated rings. The Hall–Kier alpha value is -3.19. The summed E-state index contributed by atoms with van der Waals surface area (Å²) in [6.07, 6.45) is 6.32. The summed E-state index contributed by atoms with van der Waals surface area (Å²) in [4.78, 5) is 10.7. The third-order valence-electron chi connectivity index (χ3n) is 7.43. The molecular weight excluding hydrogens is 459 g/mol. The normalized spacial score (nSPS) is 19.8. The van der Waals surface area contributed by atoms with Gasteiger partial charge in [-0.15, -0.1) is 0 Å². The van der Waals surface area contributed by atoms with Gasteiger partial charge in [-0.05, 0) is 56.4 Å². The number of carbonyl (C=O) groups is 1. The van der Waals surface area contributed by atoms with Crippen LogP contribution >= 0.6 is 0 Å². The Morgan fingerprint density at radius 3 is 2.42 bits per heavy atom.